The van der Waals surface area contributed by atoms with Crippen LogP contribution in [0.4, 0.5) is 0 Å². The molecule has 0 fully saturated rings. The number of rotatable bonds is 15. The first-order valence-electron chi connectivity index (χ1n) is 11.7. The van der Waals surface area contributed by atoms with Crippen molar-refractivity contribution >= 4 is 45.0 Å². The number of benzene rings is 2. The molecule has 0 aliphatic heterocycles. The third kappa shape index (κ3) is 6.70. The summed E-state index contributed by atoms with van der Waals surface area (Å²) in [4.78, 5) is 0. The number of hydrogen-bond donors (Lipinski definition) is 0. The Kier molecular flexibility index (Phi) is 10.2. The van der Waals surface area contributed by atoms with E-state index in [0.717, 1.165) is 81.5 Å². The van der Waals surface area contributed by atoms with Crippen LogP contribution in [-0.4, -0.2) is 29.5 Å². The van der Waals surface area contributed by atoms with E-state index in [4.69, 9.17) is 32.7 Å². The number of fused-ring (bicyclic) bond motifs is 3. The van der Waals surface area contributed by atoms with Crippen LogP contribution >= 0.6 is 23.2 Å². The van der Waals surface area contributed by atoms with Crippen LogP contribution < -0.4 is 9.47 Å². The van der Waals surface area contributed by atoms with Gasteiger partial charge in [-0.05, 0) is 69.0 Å². The minimum absolute atomic E-state index is 0.748. The third-order valence-corrected chi connectivity index (χ3v) is 6.25. The van der Waals surface area contributed by atoms with Gasteiger partial charge in [-0.2, -0.15) is 0 Å². The first kappa shape index (κ1) is 24.1. The predicted molar refractivity (Wildman–Crippen MR) is 134 cm³/mol. The second-order valence-electron chi connectivity index (χ2n) is 8.01. The Balaban J connectivity index is 1.70. The molecule has 1 heterocycles. The molecule has 0 bridgehead atoms. The van der Waals surface area contributed by atoms with Gasteiger partial charge in [0.05, 0.1) is 13.2 Å². The van der Waals surface area contributed by atoms with Crippen molar-refractivity contribution in [2.45, 2.75) is 64.8 Å². The summed E-state index contributed by atoms with van der Waals surface area (Å²) in [5, 5.41) is 2.45. The largest absolute Gasteiger partial charge is 0.494 e. The maximum Gasteiger partial charge on any atom is 0.120 e. The summed E-state index contributed by atoms with van der Waals surface area (Å²) in [6, 6.07) is 12.9. The SMILES string of the molecule is CCn1c2ccc(OCCCCCCCl)cc2c2cc(OCCCCCCCl)ccc21. The molecule has 3 aromatic rings. The molecule has 0 N–H and O–H groups in total. The van der Waals surface area contributed by atoms with Crippen LogP contribution in [0.1, 0.15) is 58.3 Å². The zero-order chi connectivity index (χ0) is 21.9. The molecule has 0 unspecified atom stereocenters. The summed E-state index contributed by atoms with van der Waals surface area (Å²) in [7, 11) is 0. The fourth-order valence-electron chi connectivity index (χ4n) is 4.06. The van der Waals surface area contributed by atoms with E-state index in [-0.39, 0.29) is 0 Å². The molecule has 0 aliphatic rings. The number of nitrogens with zero attached hydrogens (tertiary/aromatic N) is 1. The molecule has 2 aromatic carbocycles. The van der Waals surface area contributed by atoms with Gasteiger partial charge in [0.1, 0.15) is 11.5 Å². The molecule has 0 saturated heterocycles. The summed E-state index contributed by atoms with van der Waals surface area (Å²) >= 11 is 11.5. The number of aryl methyl sites for hydroxylation is 1. The number of aromatic nitrogens is 1. The van der Waals surface area contributed by atoms with Gasteiger partial charge in [-0.15, -0.1) is 23.2 Å². The summed E-state index contributed by atoms with van der Waals surface area (Å²) < 4.78 is 14.4. The van der Waals surface area contributed by atoms with Crippen LogP contribution in [0.3, 0.4) is 0 Å². The Morgan fingerprint density at radius 2 is 1.10 bits per heavy atom. The van der Waals surface area contributed by atoms with Gasteiger partial charge < -0.3 is 14.0 Å². The van der Waals surface area contributed by atoms with Crippen LogP contribution in [-0.2, 0) is 6.54 Å². The average molecular weight is 464 g/mol. The molecule has 0 amide bonds. The van der Waals surface area contributed by atoms with Crippen LogP contribution in [0.15, 0.2) is 36.4 Å². The molecule has 170 valence electrons. The molecule has 0 radical (unpaired) electrons. The molecule has 0 spiro atoms. The second kappa shape index (κ2) is 13.1. The Hall–Kier alpha value is -1.58. The van der Waals surface area contributed by atoms with Crippen LogP contribution in [0.2, 0.25) is 0 Å². The predicted octanol–water partition coefficient (Wildman–Crippen LogP) is 8.17. The van der Waals surface area contributed by atoms with Crippen molar-refractivity contribution < 1.29 is 9.47 Å². The highest BCUT2D eigenvalue weighted by Crippen LogP contribution is 2.34. The number of unbranched alkanes of at least 4 members (excludes halogenated alkanes) is 6. The van der Waals surface area contributed by atoms with Crippen molar-refractivity contribution in [1.82, 2.24) is 4.57 Å². The van der Waals surface area contributed by atoms with Crippen LogP contribution in [0.25, 0.3) is 21.8 Å². The molecule has 3 nitrogen and oxygen atoms in total. The number of halogens is 2. The second-order valence-corrected chi connectivity index (χ2v) is 8.76. The molecular formula is C26H35Cl2NO2. The van der Waals surface area contributed by atoms with E-state index >= 15 is 0 Å². The van der Waals surface area contributed by atoms with Crippen molar-refractivity contribution in [2.75, 3.05) is 25.0 Å². The topological polar surface area (TPSA) is 23.4 Å². The van der Waals surface area contributed by atoms with Gasteiger partial charge in [-0.1, -0.05) is 25.7 Å². The van der Waals surface area contributed by atoms with Gasteiger partial charge in [0, 0.05) is 40.1 Å². The minimum Gasteiger partial charge on any atom is -0.494 e. The lowest BCUT2D eigenvalue weighted by molar-refractivity contribution is 0.305. The van der Waals surface area contributed by atoms with E-state index < -0.39 is 0 Å². The van der Waals surface area contributed by atoms with Crippen LogP contribution in [0, 0.1) is 0 Å². The lowest BCUT2D eigenvalue weighted by atomic mass is 10.1. The lowest BCUT2D eigenvalue weighted by Crippen LogP contribution is -1.98. The van der Waals surface area contributed by atoms with Gasteiger partial charge in [-0.3, -0.25) is 0 Å². The summed E-state index contributed by atoms with van der Waals surface area (Å²) in [5.41, 5.74) is 2.48. The first-order chi connectivity index (χ1) is 15.3. The summed E-state index contributed by atoms with van der Waals surface area (Å²) in [6.07, 6.45) is 8.97. The normalized spacial score (nSPS) is 11.5. The standard InChI is InChI=1S/C26H35Cl2NO2/c1-2-29-25-13-11-21(30-17-9-5-3-7-15-27)19-23(25)24-20-22(12-14-26(24)29)31-18-10-6-4-8-16-28/h11-14,19-20H,2-10,15-18H2,1H3. The fraction of sp³-hybridized carbons (Fsp3) is 0.538. The summed E-state index contributed by atoms with van der Waals surface area (Å²) in [5.74, 6) is 3.37. The monoisotopic (exact) mass is 463 g/mol. The first-order valence-corrected chi connectivity index (χ1v) is 12.8. The van der Waals surface area contributed by atoms with E-state index in [1.807, 2.05) is 0 Å². The molecule has 0 saturated carbocycles. The number of hydrogen-bond acceptors (Lipinski definition) is 2. The Morgan fingerprint density at radius 3 is 1.52 bits per heavy atom. The maximum absolute atomic E-state index is 6.05. The third-order valence-electron chi connectivity index (χ3n) is 5.72. The maximum atomic E-state index is 6.05. The molecule has 0 aliphatic carbocycles. The van der Waals surface area contributed by atoms with Gasteiger partial charge in [0.25, 0.3) is 0 Å². The van der Waals surface area contributed by atoms with Gasteiger partial charge >= 0.3 is 0 Å². The van der Waals surface area contributed by atoms with Crippen molar-refractivity contribution in [1.29, 1.82) is 0 Å². The minimum atomic E-state index is 0.748. The zero-order valence-electron chi connectivity index (χ0n) is 18.7. The molecular weight excluding hydrogens is 429 g/mol. The quantitative estimate of drug-likeness (QED) is 0.167. The molecule has 0 atom stereocenters. The van der Waals surface area contributed by atoms with Crippen molar-refractivity contribution in [3.63, 3.8) is 0 Å². The van der Waals surface area contributed by atoms with Crippen molar-refractivity contribution in [3.8, 4) is 11.5 Å². The highest BCUT2D eigenvalue weighted by molar-refractivity contribution is 6.18. The number of alkyl halides is 2. The fourth-order valence-corrected chi connectivity index (χ4v) is 4.44. The highest BCUT2D eigenvalue weighted by atomic mass is 35.5. The molecule has 1 aromatic heterocycles. The van der Waals surface area contributed by atoms with Gasteiger partial charge in [0.2, 0.25) is 0 Å². The van der Waals surface area contributed by atoms with E-state index in [1.54, 1.807) is 0 Å². The lowest BCUT2D eigenvalue weighted by Gasteiger charge is -2.07. The highest BCUT2D eigenvalue weighted by Gasteiger charge is 2.12. The molecule has 3 rings (SSSR count). The zero-order valence-corrected chi connectivity index (χ0v) is 20.2. The van der Waals surface area contributed by atoms with Gasteiger partial charge in [0.15, 0.2) is 0 Å². The van der Waals surface area contributed by atoms with E-state index in [9.17, 15) is 0 Å². The van der Waals surface area contributed by atoms with E-state index in [1.165, 1.54) is 34.6 Å². The van der Waals surface area contributed by atoms with Crippen molar-refractivity contribution in [2.24, 2.45) is 0 Å². The van der Waals surface area contributed by atoms with Crippen LogP contribution in [0.5, 0.6) is 11.5 Å². The Labute approximate surface area is 196 Å². The smallest absolute Gasteiger partial charge is 0.120 e. The summed E-state index contributed by atoms with van der Waals surface area (Å²) in [6.45, 7) is 4.62. The molecule has 31 heavy (non-hydrogen) atoms. The van der Waals surface area contributed by atoms with E-state index in [2.05, 4.69) is 47.9 Å². The van der Waals surface area contributed by atoms with Crippen molar-refractivity contribution in [3.05, 3.63) is 36.4 Å². The van der Waals surface area contributed by atoms with Gasteiger partial charge in [-0.25, -0.2) is 0 Å². The molecule has 5 heteroatoms. The average Bonchev–Trinajstić information content (AvgIpc) is 3.11. The Bertz CT molecular complexity index is 865. The number of ether oxygens (including phenoxy) is 2. The van der Waals surface area contributed by atoms with E-state index in [0.29, 0.717) is 0 Å². The Morgan fingerprint density at radius 1 is 0.645 bits per heavy atom.